The van der Waals surface area contributed by atoms with Crippen LogP contribution < -0.4 is 4.90 Å². The van der Waals surface area contributed by atoms with Crippen molar-refractivity contribution >= 4 is 38.6 Å². The predicted molar refractivity (Wildman–Crippen MR) is 130 cm³/mol. The third kappa shape index (κ3) is 3.04. The van der Waals surface area contributed by atoms with E-state index in [1.165, 1.54) is 43.9 Å². The maximum atomic E-state index is 2.40. The maximum absolute atomic E-state index is 2.40. The fourth-order valence-electron chi connectivity index (χ4n) is 4.45. The Labute approximate surface area is 178 Å². The number of aryl methyl sites for hydroxylation is 3. The SMILES string of the molecule is Cc1ccc2c(N(c3ccccc3)c3ccccc3)c3cc(C)ccc3c(C)c2c1. The van der Waals surface area contributed by atoms with Crippen molar-refractivity contribution in [3.05, 3.63) is 114 Å². The Morgan fingerprint density at radius 1 is 0.467 bits per heavy atom. The molecule has 0 aliphatic heterocycles. The van der Waals surface area contributed by atoms with Crippen molar-refractivity contribution in [2.75, 3.05) is 4.90 Å². The lowest BCUT2D eigenvalue weighted by molar-refractivity contribution is 1.30. The minimum Gasteiger partial charge on any atom is -0.309 e. The predicted octanol–water partition coefficient (Wildman–Crippen LogP) is 8.39. The van der Waals surface area contributed by atoms with Crippen LogP contribution in [0.1, 0.15) is 16.7 Å². The fraction of sp³-hybridized carbons (Fsp3) is 0.103. The summed E-state index contributed by atoms with van der Waals surface area (Å²) < 4.78 is 0. The van der Waals surface area contributed by atoms with Gasteiger partial charge in [-0.25, -0.2) is 0 Å². The lowest BCUT2D eigenvalue weighted by Crippen LogP contribution is -2.11. The van der Waals surface area contributed by atoms with Crippen LogP contribution >= 0.6 is 0 Å². The lowest BCUT2D eigenvalue weighted by atomic mass is 9.92. The molecule has 146 valence electrons. The van der Waals surface area contributed by atoms with Crippen LogP contribution in [0.3, 0.4) is 0 Å². The number of rotatable bonds is 3. The molecule has 0 unspecified atom stereocenters. The second kappa shape index (κ2) is 7.35. The van der Waals surface area contributed by atoms with E-state index >= 15 is 0 Å². The van der Waals surface area contributed by atoms with Gasteiger partial charge in [0.15, 0.2) is 0 Å². The second-order valence-corrected chi connectivity index (χ2v) is 8.08. The number of benzene rings is 5. The molecule has 0 saturated carbocycles. The van der Waals surface area contributed by atoms with Crippen molar-refractivity contribution in [2.45, 2.75) is 20.8 Å². The largest absolute Gasteiger partial charge is 0.309 e. The van der Waals surface area contributed by atoms with Crippen LogP contribution in [0.25, 0.3) is 21.5 Å². The Bertz CT molecular complexity index is 1310. The molecule has 0 radical (unpaired) electrons. The summed E-state index contributed by atoms with van der Waals surface area (Å²) in [7, 11) is 0. The molecule has 0 bridgehead atoms. The van der Waals surface area contributed by atoms with Gasteiger partial charge in [0.1, 0.15) is 0 Å². The summed E-state index contributed by atoms with van der Waals surface area (Å²) in [4.78, 5) is 2.40. The Morgan fingerprint density at radius 2 is 0.967 bits per heavy atom. The molecule has 0 heterocycles. The first-order valence-corrected chi connectivity index (χ1v) is 10.5. The maximum Gasteiger partial charge on any atom is 0.0618 e. The van der Waals surface area contributed by atoms with Gasteiger partial charge in [-0.05, 0) is 67.4 Å². The topological polar surface area (TPSA) is 3.24 Å². The molecule has 5 rings (SSSR count). The van der Waals surface area contributed by atoms with Gasteiger partial charge in [0, 0.05) is 22.1 Å². The second-order valence-electron chi connectivity index (χ2n) is 8.08. The highest BCUT2D eigenvalue weighted by Crippen LogP contribution is 2.45. The summed E-state index contributed by atoms with van der Waals surface area (Å²) in [6, 6.07) is 35.0. The first-order chi connectivity index (χ1) is 14.6. The molecule has 1 nitrogen and oxygen atoms in total. The number of para-hydroxylation sites is 2. The Hall–Kier alpha value is -3.58. The average Bonchev–Trinajstić information content (AvgIpc) is 2.78. The zero-order valence-corrected chi connectivity index (χ0v) is 17.7. The summed E-state index contributed by atoms with van der Waals surface area (Å²) in [6.45, 7) is 6.59. The summed E-state index contributed by atoms with van der Waals surface area (Å²) in [5.74, 6) is 0. The highest BCUT2D eigenvalue weighted by Gasteiger charge is 2.20. The molecule has 30 heavy (non-hydrogen) atoms. The molecule has 0 atom stereocenters. The molecule has 5 aromatic carbocycles. The van der Waals surface area contributed by atoms with Gasteiger partial charge in [0.2, 0.25) is 0 Å². The molecule has 1 heteroatoms. The van der Waals surface area contributed by atoms with Crippen molar-refractivity contribution in [1.82, 2.24) is 0 Å². The smallest absolute Gasteiger partial charge is 0.0618 e. The van der Waals surface area contributed by atoms with Crippen LogP contribution in [0.2, 0.25) is 0 Å². The van der Waals surface area contributed by atoms with Crippen LogP contribution in [0.15, 0.2) is 97.1 Å². The van der Waals surface area contributed by atoms with Gasteiger partial charge in [-0.2, -0.15) is 0 Å². The van der Waals surface area contributed by atoms with Crippen molar-refractivity contribution in [2.24, 2.45) is 0 Å². The first kappa shape index (κ1) is 18.4. The van der Waals surface area contributed by atoms with Gasteiger partial charge in [-0.3, -0.25) is 0 Å². The molecule has 0 N–H and O–H groups in total. The normalized spacial score (nSPS) is 11.2. The van der Waals surface area contributed by atoms with E-state index in [0.29, 0.717) is 0 Å². The van der Waals surface area contributed by atoms with Crippen molar-refractivity contribution in [3.8, 4) is 0 Å². The van der Waals surface area contributed by atoms with Gasteiger partial charge >= 0.3 is 0 Å². The third-order valence-electron chi connectivity index (χ3n) is 5.92. The number of hydrogen-bond acceptors (Lipinski definition) is 1. The van der Waals surface area contributed by atoms with Crippen LogP contribution in [0.4, 0.5) is 17.1 Å². The van der Waals surface area contributed by atoms with Crippen molar-refractivity contribution in [3.63, 3.8) is 0 Å². The molecular formula is C29H25N. The van der Waals surface area contributed by atoms with E-state index in [2.05, 4.69) is 123 Å². The van der Waals surface area contributed by atoms with Crippen LogP contribution in [0, 0.1) is 20.8 Å². The van der Waals surface area contributed by atoms with Gasteiger partial charge in [0.05, 0.1) is 5.69 Å². The quantitative estimate of drug-likeness (QED) is 0.281. The van der Waals surface area contributed by atoms with E-state index in [-0.39, 0.29) is 0 Å². The van der Waals surface area contributed by atoms with Gasteiger partial charge in [-0.15, -0.1) is 0 Å². The average molecular weight is 388 g/mol. The standard InChI is InChI=1S/C29H25N/c1-20-15-17-26-27(18-20)22(3)25-16-14-21(2)19-28(25)29(26)30(23-10-6-4-7-11-23)24-12-8-5-9-13-24/h4-19H,1-3H3. The molecule has 0 fully saturated rings. The van der Waals surface area contributed by atoms with Crippen molar-refractivity contribution < 1.29 is 0 Å². The minimum absolute atomic E-state index is 1.16. The van der Waals surface area contributed by atoms with E-state index in [0.717, 1.165) is 11.4 Å². The highest BCUT2D eigenvalue weighted by atomic mass is 15.1. The zero-order chi connectivity index (χ0) is 20.7. The Morgan fingerprint density at radius 3 is 1.53 bits per heavy atom. The number of fused-ring (bicyclic) bond motifs is 2. The minimum atomic E-state index is 1.16. The molecule has 5 aromatic rings. The van der Waals surface area contributed by atoms with E-state index < -0.39 is 0 Å². The van der Waals surface area contributed by atoms with E-state index in [9.17, 15) is 0 Å². The third-order valence-corrected chi connectivity index (χ3v) is 5.92. The van der Waals surface area contributed by atoms with Gasteiger partial charge in [-0.1, -0.05) is 77.9 Å². The molecule has 0 aliphatic rings. The summed E-state index contributed by atoms with van der Waals surface area (Å²) in [6.07, 6.45) is 0. The van der Waals surface area contributed by atoms with E-state index in [4.69, 9.17) is 0 Å². The van der Waals surface area contributed by atoms with Crippen LogP contribution in [-0.2, 0) is 0 Å². The first-order valence-electron chi connectivity index (χ1n) is 10.5. The van der Waals surface area contributed by atoms with Crippen molar-refractivity contribution in [1.29, 1.82) is 0 Å². The van der Waals surface area contributed by atoms with Gasteiger partial charge in [0.25, 0.3) is 0 Å². The van der Waals surface area contributed by atoms with E-state index in [1.807, 2.05) is 0 Å². The number of hydrogen-bond donors (Lipinski definition) is 0. The number of anilines is 3. The summed E-state index contributed by atoms with van der Waals surface area (Å²) in [5.41, 5.74) is 7.47. The highest BCUT2D eigenvalue weighted by molar-refractivity contribution is 6.16. The molecule has 0 saturated heterocycles. The molecule has 0 amide bonds. The Kier molecular flexibility index (Phi) is 4.52. The summed E-state index contributed by atoms with van der Waals surface area (Å²) in [5, 5.41) is 5.20. The molecule has 0 spiro atoms. The van der Waals surface area contributed by atoms with Gasteiger partial charge < -0.3 is 4.90 Å². The monoisotopic (exact) mass is 387 g/mol. The Balaban J connectivity index is 1.98. The molecular weight excluding hydrogens is 362 g/mol. The zero-order valence-electron chi connectivity index (χ0n) is 17.7. The van der Waals surface area contributed by atoms with E-state index in [1.54, 1.807) is 0 Å². The fourth-order valence-corrected chi connectivity index (χ4v) is 4.45. The molecule has 0 aromatic heterocycles. The molecule has 0 aliphatic carbocycles. The lowest BCUT2D eigenvalue weighted by Gasteiger charge is -2.29. The van der Waals surface area contributed by atoms with Crippen LogP contribution in [0.5, 0.6) is 0 Å². The number of nitrogens with zero attached hydrogens (tertiary/aromatic N) is 1. The van der Waals surface area contributed by atoms with Crippen LogP contribution in [-0.4, -0.2) is 0 Å². The summed E-state index contributed by atoms with van der Waals surface area (Å²) >= 11 is 0.